The highest BCUT2D eigenvalue weighted by Gasteiger charge is 2.13. The van der Waals surface area contributed by atoms with E-state index in [9.17, 15) is 14.9 Å². The van der Waals surface area contributed by atoms with E-state index in [4.69, 9.17) is 16.3 Å². The molecule has 0 unspecified atom stereocenters. The van der Waals surface area contributed by atoms with Crippen LogP contribution in [0.5, 0.6) is 5.75 Å². The van der Waals surface area contributed by atoms with E-state index in [1.165, 1.54) is 18.2 Å². The molecule has 2 rings (SSSR count). The standard InChI is InChI=1S/C16H14BrClN2O4/c1-9-6-15(10(2)5-12(9)17)24-8-16(21)19-14-7-11(20(22)23)3-4-13(14)18/h3-7H,8H2,1-2H3,(H,19,21). The van der Waals surface area contributed by atoms with Gasteiger partial charge >= 0.3 is 0 Å². The van der Waals surface area contributed by atoms with Crippen molar-refractivity contribution in [3.05, 3.63) is 61.1 Å². The maximum atomic E-state index is 12.0. The summed E-state index contributed by atoms with van der Waals surface area (Å²) in [7, 11) is 0. The van der Waals surface area contributed by atoms with E-state index < -0.39 is 10.8 Å². The molecule has 0 aliphatic heterocycles. The van der Waals surface area contributed by atoms with Gasteiger partial charge in [0.05, 0.1) is 15.6 Å². The number of hydrogen-bond donors (Lipinski definition) is 1. The zero-order chi connectivity index (χ0) is 17.9. The van der Waals surface area contributed by atoms with E-state index in [1.807, 2.05) is 26.0 Å². The lowest BCUT2D eigenvalue weighted by atomic mass is 10.1. The van der Waals surface area contributed by atoms with Crippen LogP contribution in [0, 0.1) is 24.0 Å². The van der Waals surface area contributed by atoms with E-state index in [-0.39, 0.29) is 23.0 Å². The Morgan fingerprint density at radius 2 is 2.00 bits per heavy atom. The van der Waals surface area contributed by atoms with Crippen LogP contribution in [0.3, 0.4) is 0 Å². The van der Waals surface area contributed by atoms with Crippen molar-refractivity contribution < 1.29 is 14.5 Å². The van der Waals surface area contributed by atoms with Crippen molar-refractivity contribution >= 4 is 44.8 Å². The highest BCUT2D eigenvalue weighted by molar-refractivity contribution is 9.10. The Hall–Kier alpha value is -2.12. The van der Waals surface area contributed by atoms with Crippen molar-refractivity contribution in [3.63, 3.8) is 0 Å². The second-order valence-electron chi connectivity index (χ2n) is 5.12. The van der Waals surface area contributed by atoms with Crippen LogP contribution in [0.1, 0.15) is 11.1 Å². The van der Waals surface area contributed by atoms with Crippen molar-refractivity contribution in [2.75, 3.05) is 11.9 Å². The van der Waals surface area contributed by atoms with Gasteiger partial charge in [0.2, 0.25) is 0 Å². The molecule has 126 valence electrons. The fourth-order valence-electron chi connectivity index (χ4n) is 1.96. The van der Waals surface area contributed by atoms with Crippen LogP contribution in [-0.4, -0.2) is 17.4 Å². The van der Waals surface area contributed by atoms with Crippen LogP contribution >= 0.6 is 27.5 Å². The number of anilines is 1. The van der Waals surface area contributed by atoms with Crippen LogP contribution < -0.4 is 10.1 Å². The molecule has 0 aromatic heterocycles. The highest BCUT2D eigenvalue weighted by atomic mass is 79.9. The summed E-state index contributed by atoms with van der Waals surface area (Å²) in [5, 5.41) is 13.5. The number of non-ortho nitro benzene ring substituents is 1. The number of nitrogens with one attached hydrogen (secondary N) is 1. The molecule has 8 heteroatoms. The molecular formula is C16H14BrClN2O4. The molecule has 1 N–H and O–H groups in total. The van der Waals surface area contributed by atoms with Crippen LogP contribution in [-0.2, 0) is 4.79 Å². The number of carbonyl (C=O) groups is 1. The number of nitrogens with zero attached hydrogens (tertiary/aromatic N) is 1. The normalized spacial score (nSPS) is 10.3. The van der Waals surface area contributed by atoms with Crippen molar-refractivity contribution in [2.24, 2.45) is 0 Å². The molecular weight excluding hydrogens is 400 g/mol. The third-order valence-electron chi connectivity index (χ3n) is 3.25. The average Bonchev–Trinajstić information content (AvgIpc) is 2.51. The molecule has 24 heavy (non-hydrogen) atoms. The Morgan fingerprint density at radius 3 is 2.67 bits per heavy atom. The largest absolute Gasteiger partial charge is 0.483 e. The first-order valence-corrected chi connectivity index (χ1v) is 8.08. The maximum absolute atomic E-state index is 12.0. The molecule has 6 nitrogen and oxygen atoms in total. The summed E-state index contributed by atoms with van der Waals surface area (Å²) in [6.45, 7) is 3.55. The molecule has 0 spiro atoms. The number of carbonyl (C=O) groups excluding carboxylic acids is 1. The summed E-state index contributed by atoms with van der Waals surface area (Å²) in [6, 6.07) is 7.56. The number of benzene rings is 2. The SMILES string of the molecule is Cc1cc(OCC(=O)Nc2cc([N+](=O)[O-])ccc2Cl)c(C)cc1Br. The number of amides is 1. The Kier molecular flexibility index (Phi) is 5.80. The molecule has 0 bridgehead atoms. The molecule has 1 amide bonds. The molecule has 0 aliphatic rings. The van der Waals surface area contributed by atoms with Gasteiger partial charge in [-0.2, -0.15) is 0 Å². The molecule has 0 atom stereocenters. The number of aryl methyl sites for hydroxylation is 2. The molecule has 2 aromatic rings. The second-order valence-corrected chi connectivity index (χ2v) is 6.39. The molecule has 0 aliphatic carbocycles. The van der Waals surface area contributed by atoms with E-state index >= 15 is 0 Å². The van der Waals surface area contributed by atoms with Crippen molar-refractivity contribution in [1.82, 2.24) is 0 Å². The van der Waals surface area contributed by atoms with E-state index in [2.05, 4.69) is 21.2 Å². The van der Waals surface area contributed by atoms with E-state index in [0.717, 1.165) is 15.6 Å². The number of nitro groups is 1. The Labute approximate surface area is 152 Å². The lowest BCUT2D eigenvalue weighted by molar-refractivity contribution is -0.384. The third kappa shape index (κ3) is 4.46. The van der Waals surface area contributed by atoms with Crippen molar-refractivity contribution in [1.29, 1.82) is 0 Å². The Balaban J connectivity index is 2.05. The van der Waals surface area contributed by atoms with Crippen molar-refractivity contribution in [2.45, 2.75) is 13.8 Å². The zero-order valence-electron chi connectivity index (χ0n) is 12.9. The summed E-state index contributed by atoms with van der Waals surface area (Å²) in [5.74, 6) is 0.133. The molecule has 0 saturated carbocycles. The lowest BCUT2D eigenvalue weighted by Gasteiger charge is -2.12. The highest BCUT2D eigenvalue weighted by Crippen LogP contribution is 2.28. The van der Waals surface area contributed by atoms with Gasteiger partial charge in [0, 0.05) is 16.6 Å². The number of nitro benzene ring substituents is 1. The number of hydrogen-bond acceptors (Lipinski definition) is 4. The van der Waals surface area contributed by atoms with Crippen LogP contribution in [0.2, 0.25) is 5.02 Å². The van der Waals surface area contributed by atoms with Gasteiger partial charge in [0.15, 0.2) is 6.61 Å². The number of ether oxygens (including phenoxy) is 1. The smallest absolute Gasteiger partial charge is 0.271 e. The van der Waals surface area contributed by atoms with Gasteiger partial charge < -0.3 is 10.1 Å². The van der Waals surface area contributed by atoms with Crippen LogP contribution in [0.25, 0.3) is 0 Å². The van der Waals surface area contributed by atoms with Gasteiger partial charge in [-0.05, 0) is 43.2 Å². The quantitative estimate of drug-likeness (QED) is 0.571. The van der Waals surface area contributed by atoms with Crippen LogP contribution in [0.15, 0.2) is 34.8 Å². The van der Waals surface area contributed by atoms with Gasteiger partial charge in [-0.15, -0.1) is 0 Å². The molecule has 0 saturated heterocycles. The Morgan fingerprint density at radius 1 is 1.29 bits per heavy atom. The second kappa shape index (κ2) is 7.63. The topological polar surface area (TPSA) is 81.5 Å². The first kappa shape index (κ1) is 18.2. The maximum Gasteiger partial charge on any atom is 0.271 e. The summed E-state index contributed by atoms with van der Waals surface area (Å²) < 4.78 is 6.47. The predicted octanol–water partition coefficient (Wildman–Crippen LogP) is 4.65. The molecule has 2 aromatic carbocycles. The van der Waals surface area contributed by atoms with Crippen molar-refractivity contribution in [3.8, 4) is 5.75 Å². The monoisotopic (exact) mass is 412 g/mol. The minimum absolute atomic E-state index is 0.157. The summed E-state index contributed by atoms with van der Waals surface area (Å²) in [6.07, 6.45) is 0. The molecule has 0 radical (unpaired) electrons. The summed E-state index contributed by atoms with van der Waals surface area (Å²) in [5.41, 5.74) is 1.88. The fraction of sp³-hybridized carbons (Fsp3) is 0.188. The first-order chi connectivity index (χ1) is 11.3. The molecule has 0 fully saturated rings. The van der Waals surface area contributed by atoms with Gasteiger partial charge in [-0.25, -0.2) is 0 Å². The third-order valence-corrected chi connectivity index (χ3v) is 4.43. The minimum atomic E-state index is -0.559. The predicted molar refractivity (Wildman–Crippen MR) is 95.8 cm³/mol. The van der Waals surface area contributed by atoms with Gasteiger partial charge in [0.25, 0.3) is 11.6 Å². The fourth-order valence-corrected chi connectivity index (χ4v) is 2.58. The minimum Gasteiger partial charge on any atom is -0.483 e. The van der Waals surface area contributed by atoms with Crippen LogP contribution in [0.4, 0.5) is 11.4 Å². The lowest BCUT2D eigenvalue weighted by Crippen LogP contribution is -2.20. The first-order valence-electron chi connectivity index (χ1n) is 6.91. The molecule has 0 heterocycles. The number of halogens is 2. The van der Waals surface area contributed by atoms with Gasteiger partial charge in [-0.3, -0.25) is 14.9 Å². The summed E-state index contributed by atoms with van der Waals surface area (Å²) >= 11 is 9.37. The van der Waals surface area contributed by atoms with Gasteiger partial charge in [0.1, 0.15) is 5.75 Å². The van der Waals surface area contributed by atoms with E-state index in [1.54, 1.807) is 0 Å². The number of rotatable bonds is 5. The average molecular weight is 414 g/mol. The Bertz CT molecular complexity index is 811. The summed E-state index contributed by atoms with van der Waals surface area (Å²) in [4.78, 5) is 22.2. The van der Waals surface area contributed by atoms with E-state index in [0.29, 0.717) is 5.75 Å². The zero-order valence-corrected chi connectivity index (χ0v) is 15.3. The van der Waals surface area contributed by atoms with Gasteiger partial charge in [-0.1, -0.05) is 27.5 Å².